The smallest absolute Gasteiger partial charge is 0.0363 e. The van der Waals surface area contributed by atoms with Crippen LogP contribution in [0.25, 0.3) is 0 Å². The van der Waals surface area contributed by atoms with Gasteiger partial charge in [0.05, 0.1) is 0 Å². The van der Waals surface area contributed by atoms with E-state index in [4.69, 9.17) is 0 Å². The molecule has 0 aromatic rings. The Morgan fingerprint density at radius 1 is 0.565 bits per heavy atom. The molecular formula is C21H20Br2. The third-order valence-electron chi connectivity index (χ3n) is 14.4. The molecule has 0 nitrogen and oxygen atoms in total. The summed E-state index contributed by atoms with van der Waals surface area (Å²) in [7, 11) is 0. The van der Waals surface area contributed by atoms with E-state index in [0.29, 0.717) is 8.65 Å². The molecule has 16 atom stereocenters. The summed E-state index contributed by atoms with van der Waals surface area (Å²) in [4.78, 5) is 0. The second-order valence-electron chi connectivity index (χ2n) is 12.1. The molecule has 13 rings (SSSR count). The van der Waals surface area contributed by atoms with Gasteiger partial charge in [-0.3, -0.25) is 0 Å². The summed E-state index contributed by atoms with van der Waals surface area (Å²) >= 11 is 9.36. The van der Waals surface area contributed by atoms with Gasteiger partial charge in [-0.25, -0.2) is 0 Å². The molecule has 13 aliphatic carbocycles. The maximum atomic E-state index is 4.68. The van der Waals surface area contributed by atoms with Crippen LogP contribution in [0.2, 0.25) is 0 Å². The van der Waals surface area contributed by atoms with Gasteiger partial charge in [0.2, 0.25) is 0 Å². The van der Waals surface area contributed by atoms with Crippen molar-refractivity contribution in [1.29, 1.82) is 0 Å². The van der Waals surface area contributed by atoms with Crippen molar-refractivity contribution in [2.75, 3.05) is 0 Å². The molecule has 0 aromatic heterocycles. The van der Waals surface area contributed by atoms with Crippen LogP contribution >= 0.6 is 31.9 Å². The van der Waals surface area contributed by atoms with Crippen LogP contribution in [-0.2, 0) is 0 Å². The Morgan fingerprint density at radius 3 is 1.52 bits per heavy atom. The molecule has 23 heavy (non-hydrogen) atoms. The van der Waals surface area contributed by atoms with Gasteiger partial charge >= 0.3 is 0 Å². The summed E-state index contributed by atoms with van der Waals surface area (Å²) in [5.41, 5.74) is 3.39. The first-order valence-electron chi connectivity index (χ1n) is 10.5. The summed E-state index contributed by atoms with van der Waals surface area (Å²) in [6.07, 6.45) is 8.14. The van der Waals surface area contributed by atoms with Crippen molar-refractivity contribution in [3.05, 3.63) is 0 Å². The van der Waals surface area contributed by atoms with E-state index in [1.165, 1.54) is 60.2 Å². The standard InChI is InChI=1S/C21H20Br2/c22-16-1-2-17(23)15-11-5-10(14(15)16)18-6-3-7-13-9-4-8(12(6)13)20(16,18)21(9,17)19(7,11)18/h6-15H,1-5H2/t6-,7+,8+,9-,10+,11-,12+,13-,14+,15-,16+,17-,18-,19+,20-,21-/m1/s1. The molecule has 0 aliphatic heterocycles. The van der Waals surface area contributed by atoms with E-state index < -0.39 is 0 Å². The van der Waals surface area contributed by atoms with Crippen LogP contribution in [0.3, 0.4) is 0 Å². The number of hydrogen-bond donors (Lipinski definition) is 0. The zero-order chi connectivity index (χ0) is 14.3. The Kier molecular flexibility index (Phi) is 1.02. The lowest BCUT2D eigenvalue weighted by Crippen LogP contribution is -2.84. The maximum absolute atomic E-state index is 4.68. The van der Waals surface area contributed by atoms with E-state index in [2.05, 4.69) is 31.9 Å². The highest BCUT2D eigenvalue weighted by atomic mass is 79.9. The van der Waals surface area contributed by atoms with E-state index in [1.807, 2.05) is 0 Å². The van der Waals surface area contributed by atoms with Crippen LogP contribution in [0, 0.1) is 80.8 Å². The molecule has 0 unspecified atom stereocenters. The fourth-order valence-electron chi connectivity index (χ4n) is 16.9. The van der Waals surface area contributed by atoms with Gasteiger partial charge in [-0.05, 0) is 102 Å². The van der Waals surface area contributed by atoms with E-state index in [0.717, 1.165) is 33.5 Å². The number of hydrogen-bond acceptors (Lipinski definition) is 0. The van der Waals surface area contributed by atoms with Crippen LogP contribution in [0.5, 0.6) is 0 Å². The minimum atomic E-state index is 0.607. The zero-order valence-electron chi connectivity index (χ0n) is 13.1. The van der Waals surface area contributed by atoms with Crippen molar-refractivity contribution in [2.45, 2.75) is 40.8 Å². The summed E-state index contributed by atoms with van der Waals surface area (Å²) in [5, 5.41) is 0. The highest BCUT2D eigenvalue weighted by Crippen LogP contribution is 3.23. The average molecular weight is 432 g/mol. The predicted molar refractivity (Wildman–Crippen MR) is 91.0 cm³/mol. The first-order valence-corrected chi connectivity index (χ1v) is 12.1. The predicted octanol–water partition coefficient (Wildman–Crippen LogP) is 4.46. The molecule has 4 spiro atoms. The number of fused-ring (bicyclic) bond motifs is 1. The van der Waals surface area contributed by atoms with Gasteiger partial charge in [0, 0.05) is 19.5 Å². The molecule has 0 heterocycles. The Morgan fingerprint density at radius 2 is 1.00 bits per heavy atom. The summed E-state index contributed by atoms with van der Waals surface area (Å²) in [6, 6.07) is 0. The van der Waals surface area contributed by atoms with E-state index >= 15 is 0 Å². The largest absolute Gasteiger partial charge is 0.0843 e. The summed E-state index contributed by atoms with van der Waals surface area (Å²) in [6.45, 7) is 0. The van der Waals surface area contributed by atoms with Crippen LogP contribution in [0.15, 0.2) is 0 Å². The van der Waals surface area contributed by atoms with Gasteiger partial charge in [-0.15, -0.1) is 0 Å². The molecule has 13 aliphatic rings. The van der Waals surface area contributed by atoms with Gasteiger partial charge in [0.25, 0.3) is 0 Å². The SMILES string of the molecule is Br[C@]12CC[C@]3(Br)[C@@H]4[C@H]1[C@H]1C[C@@H]4[C@]45[C@@H]6C[C@H]7[C@H]8[C@@H]6[C@@H]6C[C@H]8[C@@]2([C@]174)[C@@]653. The van der Waals surface area contributed by atoms with E-state index in [1.54, 1.807) is 19.3 Å². The molecule has 2 heteroatoms. The quantitative estimate of drug-likeness (QED) is 0.496. The first kappa shape index (κ1) is 11.0. The van der Waals surface area contributed by atoms with Crippen molar-refractivity contribution < 1.29 is 0 Å². The second kappa shape index (κ2) is 2.14. The Labute approximate surface area is 153 Å². The Hall–Kier alpha value is 0.960. The third-order valence-corrected chi connectivity index (χ3v) is 17.5. The van der Waals surface area contributed by atoms with Crippen LogP contribution < -0.4 is 0 Å². The minimum absolute atomic E-state index is 0.607. The lowest BCUT2D eigenvalue weighted by atomic mass is 9.24. The monoisotopic (exact) mass is 430 g/mol. The van der Waals surface area contributed by atoms with Crippen molar-refractivity contribution in [1.82, 2.24) is 0 Å². The molecule has 0 saturated heterocycles. The number of halogens is 2. The average Bonchev–Trinajstić information content (AvgIpc) is 3.24. The fraction of sp³-hybridized carbons (Fsp3) is 1.00. The number of rotatable bonds is 0. The van der Waals surface area contributed by atoms with Crippen LogP contribution in [-0.4, -0.2) is 8.65 Å². The molecule has 8 bridgehead atoms. The lowest BCUT2D eigenvalue weighted by Gasteiger charge is -2.82. The number of alkyl halides is 2. The van der Waals surface area contributed by atoms with Gasteiger partial charge in [0.1, 0.15) is 0 Å². The highest BCUT2D eigenvalue weighted by Gasteiger charge is 3.22. The lowest BCUT2D eigenvalue weighted by molar-refractivity contribution is -0.321. The molecular weight excluding hydrogens is 412 g/mol. The second-order valence-corrected chi connectivity index (χ2v) is 15.0. The molecule has 118 valence electrons. The summed E-state index contributed by atoms with van der Waals surface area (Å²) < 4.78 is 1.21. The van der Waals surface area contributed by atoms with Crippen molar-refractivity contribution in [3.63, 3.8) is 0 Å². The highest BCUT2D eigenvalue weighted by molar-refractivity contribution is 9.10. The minimum Gasteiger partial charge on any atom is -0.0843 e. The first-order chi connectivity index (χ1) is 11.1. The van der Waals surface area contributed by atoms with Gasteiger partial charge in [-0.1, -0.05) is 31.9 Å². The van der Waals surface area contributed by atoms with Gasteiger partial charge < -0.3 is 0 Å². The Bertz CT molecular complexity index is 813. The Balaban J connectivity index is 1.54. The van der Waals surface area contributed by atoms with Crippen LogP contribution in [0.4, 0.5) is 0 Å². The van der Waals surface area contributed by atoms with Crippen molar-refractivity contribution in [3.8, 4) is 0 Å². The van der Waals surface area contributed by atoms with Gasteiger partial charge in [0.15, 0.2) is 0 Å². The molecule has 0 amide bonds. The summed E-state index contributed by atoms with van der Waals surface area (Å²) in [5.74, 6) is 11.7. The molecule has 0 aromatic carbocycles. The van der Waals surface area contributed by atoms with Crippen molar-refractivity contribution >= 4 is 31.9 Å². The molecule has 13 fully saturated rings. The van der Waals surface area contributed by atoms with E-state index in [-0.39, 0.29) is 0 Å². The molecule has 0 N–H and O–H groups in total. The molecule has 13 saturated carbocycles. The topological polar surface area (TPSA) is 0 Å². The van der Waals surface area contributed by atoms with Gasteiger partial charge in [-0.2, -0.15) is 0 Å². The van der Waals surface area contributed by atoms with E-state index in [9.17, 15) is 0 Å². The zero-order valence-corrected chi connectivity index (χ0v) is 16.2. The molecule has 0 radical (unpaired) electrons. The maximum Gasteiger partial charge on any atom is 0.0363 e. The third kappa shape index (κ3) is 0.426. The van der Waals surface area contributed by atoms with Crippen LogP contribution in [0.1, 0.15) is 32.1 Å². The fourth-order valence-corrected chi connectivity index (χ4v) is 20.4. The normalized spacial score (nSPS) is 103. The van der Waals surface area contributed by atoms with Crippen molar-refractivity contribution in [2.24, 2.45) is 80.8 Å².